The largest absolute Gasteiger partial charge is 0.495 e. The fourth-order valence-electron chi connectivity index (χ4n) is 14.9. The van der Waals surface area contributed by atoms with E-state index in [2.05, 4.69) is 116 Å². The van der Waals surface area contributed by atoms with Crippen molar-refractivity contribution in [2.24, 2.45) is 0 Å². The highest BCUT2D eigenvalue weighted by molar-refractivity contribution is 7.70. The van der Waals surface area contributed by atoms with Gasteiger partial charge in [0, 0.05) is 123 Å². The number of hydrogen-bond donors (Lipinski definition) is 8. The number of piperidine rings is 1. The van der Waals surface area contributed by atoms with Crippen LogP contribution in [-0.2, 0) is 62.2 Å². The Labute approximate surface area is 825 Å². The van der Waals surface area contributed by atoms with E-state index in [1.165, 1.54) is 33.3 Å². The van der Waals surface area contributed by atoms with Crippen molar-refractivity contribution in [3.8, 4) is 23.0 Å². The zero-order valence-electron chi connectivity index (χ0n) is 80.2. The zero-order valence-corrected chi connectivity index (χ0v) is 85.3. The number of benzene rings is 8. The number of piperazine rings is 1. The van der Waals surface area contributed by atoms with Gasteiger partial charge in [-0.1, -0.05) is 65.7 Å². The normalized spacial score (nSPS) is 13.6. The van der Waals surface area contributed by atoms with Gasteiger partial charge in [0.1, 0.15) is 72.3 Å². The minimum atomic E-state index is -4.62. The summed E-state index contributed by atoms with van der Waals surface area (Å²) < 4.78 is 174. The lowest BCUT2D eigenvalue weighted by Crippen LogP contribution is -2.52. The summed E-state index contributed by atoms with van der Waals surface area (Å²) in [5, 5.41) is 27.2. The second kappa shape index (κ2) is 48.5. The second-order valence-corrected chi connectivity index (χ2v) is 46.3. The number of likely N-dealkylation sites (N-methyl/N-ethyl adjacent to an activating group) is 1. The first-order valence-corrected chi connectivity index (χ1v) is 54.8. The van der Waals surface area contributed by atoms with Crippen molar-refractivity contribution in [3.05, 3.63) is 244 Å². The molecule has 0 aliphatic carbocycles. The van der Waals surface area contributed by atoms with Crippen LogP contribution in [0.3, 0.4) is 0 Å². The van der Waals surface area contributed by atoms with Crippen LogP contribution < -0.4 is 87.6 Å². The Balaban J connectivity index is 0.000000170. The molecule has 44 heteroatoms. The quantitative estimate of drug-likeness (QED) is 0.00803. The Morgan fingerprint density at radius 2 is 0.979 bits per heavy atom. The number of nitrogens with one attached hydrogen (secondary N) is 8. The number of alkyl halides is 6. The number of nitrogens with zero attached hydrogens (tertiary/aromatic N) is 11. The van der Waals surface area contributed by atoms with Gasteiger partial charge in [-0.25, -0.2) is 24.7 Å². The van der Waals surface area contributed by atoms with E-state index >= 15 is 0 Å². The first kappa shape index (κ1) is 108. The third-order valence-corrected chi connectivity index (χ3v) is 29.6. The standard InChI is InChI=1S/C32H45ClN7O4P.C23H26ClN4O5P.C21H20F3N4O3P.C21H22F3N4OP/c1-5-43-45(41,44-6-2)30-10-8-7-9-24(30)22-34-31-27(33)23-35-32(37-31)36-28-12-11-26(21-29(28)42-4)39-15-13-25(14-16-39)40-19-17-38(3)18-20-40;1-31-11-12-33-22(29)16-7-5-6-8-18(16)26-21-17(24)14-25-23(28-21)27-19-10-9-15(34(3,4)30)13-20(19)32-2;1-32(2,29)15-6-4-14(5-7-15)27-20-26-11-16(21(22,23)24)19(28-20)25-10-13-3-8-17-18(9-13)31-12-30-17;1-13-9-14(2)11-16(10-13)26-19-18(21(22,23)24)12-25-20(28-19)27-15-5-7-17(8-6-15)30(3,4)29/h7-12,21,23,25H,5-6,13-20,22H2,1-4H3,(H2,34,35,36,37);5-10,13-14H,11-12H2,1-4H3,(H2,25,26,27,28);3-9,11H,10,12H2,1-2H3,(H2,25,26,27,28);5-12H,1-4H3,(H2,25,26,27,28). The summed E-state index contributed by atoms with van der Waals surface area (Å²) in [7, 11) is -3.79. The van der Waals surface area contributed by atoms with E-state index in [0.717, 1.165) is 79.7 Å². The Morgan fingerprint density at radius 1 is 0.482 bits per heavy atom. The van der Waals surface area contributed by atoms with Crippen LogP contribution in [0.2, 0.25) is 10.0 Å². The maximum absolute atomic E-state index is 13.5. The molecule has 8 aromatic carbocycles. The number of halogens is 8. The number of anilines is 15. The Bertz CT molecular complexity index is 6490. The fraction of sp³-hybridized carbons (Fsp3) is 0.330. The number of para-hydroxylation sites is 1. The molecular formula is C97H113Cl2F6N19O13P4. The third-order valence-electron chi connectivity index (χ3n) is 22.2. The topological polar surface area (TPSA) is 368 Å². The van der Waals surface area contributed by atoms with Crippen LogP contribution in [0.25, 0.3) is 0 Å². The van der Waals surface area contributed by atoms with Crippen LogP contribution in [-0.4, -0.2) is 203 Å². The SMILES string of the molecule is CCOP(=O)(OCC)c1ccccc1CNc1nc(Nc2ccc(N3CCC(N4CCN(C)CC4)CC3)cc2OC)ncc1Cl.COCCOC(=O)c1ccccc1Nc1nc(Nc2ccc(P(C)(C)=O)cc2OC)ncc1Cl.CP(C)(=O)c1ccc(Nc2ncc(C(F)(F)F)c(NCc3ccc4c(c3)OCO4)n2)cc1.Cc1cc(C)cc(Nc2nc(Nc3ccc(P(C)(C)=O)cc3)ncc2C(F)(F)F)c1. The van der Waals surface area contributed by atoms with E-state index < -0.39 is 58.5 Å². The van der Waals surface area contributed by atoms with Gasteiger partial charge in [-0.3, -0.25) is 9.46 Å². The van der Waals surface area contributed by atoms with Gasteiger partial charge in [-0.2, -0.15) is 46.3 Å². The van der Waals surface area contributed by atoms with Crippen molar-refractivity contribution in [2.75, 3.05) is 188 Å². The molecule has 2 fully saturated rings. The molecule has 0 unspecified atom stereocenters. The van der Waals surface area contributed by atoms with Crippen LogP contribution in [0, 0.1) is 13.8 Å². The minimum Gasteiger partial charge on any atom is -0.495 e. The lowest BCUT2D eigenvalue weighted by Gasteiger charge is -2.42. The number of hydrogen-bond acceptors (Lipinski definition) is 32. The maximum Gasteiger partial charge on any atom is 0.421 e. The molecule has 15 rings (SSSR count). The van der Waals surface area contributed by atoms with Gasteiger partial charge in [0.15, 0.2) is 23.1 Å². The molecule has 3 aliphatic rings. The molecule has 12 aromatic rings. The summed E-state index contributed by atoms with van der Waals surface area (Å²) in [6.45, 7) is 25.5. The summed E-state index contributed by atoms with van der Waals surface area (Å²) in [6.07, 6.45) is -2.43. The van der Waals surface area contributed by atoms with Gasteiger partial charge < -0.3 is 103 Å². The number of aromatic nitrogens is 8. The lowest BCUT2D eigenvalue weighted by atomic mass is 10.0. The first-order valence-electron chi connectivity index (χ1n) is 44.7. The predicted octanol–water partition coefficient (Wildman–Crippen LogP) is 21.0. The molecule has 750 valence electrons. The van der Waals surface area contributed by atoms with Crippen molar-refractivity contribution in [2.45, 2.75) is 72.0 Å². The second-order valence-electron chi connectivity index (χ2n) is 33.8. The molecule has 3 aliphatic heterocycles. The molecule has 32 nitrogen and oxygen atoms in total. The lowest BCUT2D eigenvalue weighted by molar-refractivity contribution is -0.138. The Morgan fingerprint density at radius 3 is 1.55 bits per heavy atom. The van der Waals surface area contributed by atoms with E-state index in [1.807, 2.05) is 44.2 Å². The molecule has 7 heterocycles. The Hall–Kier alpha value is -12.2. The minimum absolute atomic E-state index is 0.00452. The monoisotopic (exact) mass is 2060 g/mol. The van der Waals surface area contributed by atoms with Crippen LogP contribution in [0.1, 0.15) is 70.4 Å². The summed E-state index contributed by atoms with van der Waals surface area (Å²) in [5.74, 6) is 2.48. The summed E-state index contributed by atoms with van der Waals surface area (Å²) in [6, 6.07) is 50.4. The number of esters is 1. The molecule has 141 heavy (non-hydrogen) atoms. The van der Waals surface area contributed by atoms with E-state index in [0.29, 0.717) is 126 Å². The van der Waals surface area contributed by atoms with Gasteiger partial charge in [-0.15, -0.1) is 0 Å². The van der Waals surface area contributed by atoms with Crippen molar-refractivity contribution in [3.63, 3.8) is 0 Å². The Kier molecular flexibility index (Phi) is 37.1. The number of carbonyl (C=O) groups excluding carboxylic acids is 1. The van der Waals surface area contributed by atoms with Gasteiger partial charge in [0.25, 0.3) is 0 Å². The molecule has 0 spiro atoms. The van der Waals surface area contributed by atoms with E-state index in [4.69, 9.17) is 60.7 Å². The van der Waals surface area contributed by atoms with Crippen LogP contribution in [0.4, 0.5) is 113 Å². The van der Waals surface area contributed by atoms with Gasteiger partial charge >= 0.3 is 25.9 Å². The van der Waals surface area contributed by atoms with E-state index in [-0.39, 0.29) is 67.7 Å². The predicted molar refractivity (Wildman–Crippen MR) is 547 cm³/mol. The molecule has 4 aromatic heterocycles. The van der Waals surface area contributed by atoms with Gasteiger partial charge in [-0.05, 0) is 231 Å². The van der Waals surface area contributed by atoms with Gasteiger partial charge in [0.05, 0.1) is 74.4 Å². The van der Waals surface area contributed by atoms with Crippen molar-refractivity contribution >= 4 is 166 Å². The van der Waals surface area contributed by atoms with E-state index in [9.17, 15) is 49.4 Å². The molecule has 0 saturated carbocycles. The smallest absolute Gasteiger partial charge is 0.421 e. The van der Waals surface area contributed by atoms with Crippen molar-refractivity contribution < 1.29 is 86.9 Å². The maximum atomic E-state index is 13.5. The highest BCUT2D eigenvalue weighted by atomic mass is 35.5. The third kappa shape index (κ3) is 30.4. The molecule has 0 amide bonds. The summed E-state index contributed by atoms with van der Waals surface area (Å²) in [4.78, 5) is 53.3. The molecule has 0 bridgehead atoms. The summed E-state index contributed by atoms with van der Waals surface area (Å²) >= 11 is 12.8. The highest BCUT2D eigenvalue weighted by Gasteiger charge is 2.38. The van der Waals surface area contributed by atoms with Crippen LogP contribution in [0.15, 0.2) is 195 Å². The number of ether oxygens (including phenoxy) is 6. The van der Waals surface area contributed by atoms with Crippen LogP contribution in [0.5, 0.6) is 23.0 Å². The fourth-order valence-corrected chi connectivity index (χ4v) is 19.6. The number of aryl methyl sites for hydroxylation is 2. The molecule has 2 saturated heterocycles. The highest BCUT2D eigenvalue weighted by Crippen LogP contribution is 2.49. The number of carbonyl (C=O) groups is 1. The molecular weight excluding hydrogens is 1950 g/mol. The van der Waals surface area contributed by atoms with Crippen molar-refractivity contribution in [1.29, 1.82) is 0 Å². The summed E-state index contributed by atoms with van der Waals surface area (Å²) in [5.41, 5.74) is 6.29. The van der Waals surface area contributed by atoms with Crippen LogP contribution >= 0.6 is 52.2 Å². The zero-order chi connectivity index (χ0) is 102. The van der Waals surface area contributed by atoms with Gasteiger partial charge in [0.2, 0.25) is 30.6 Å². The molecule has 0 radical (unpaired) electrons. The molecule has 8 N–H and O–H groups in total. The average Bonchev–Trinajstić information content (AvgIpc) is 1.26. The average molecular weight is 2060 g/mol. The van der Waals surface area contributed by atoms with Crippen molar-refractivity contribution in [1.82, 2.24) is 49.7 Å². The first-order chi connectivity index (χ1) is 67.1. The van der Waals surface area contributed by atoms with E-state index in [1.54, 1.807) is 195 Å². The number of methoxy groups -OCH3 is 3. The number of rotatable bonds is 34. The molecule has 0 atom stereocenters. The number of fused-ring (bicyclic) bond motifs is 1.